The lowest BCUT2D eigenvalue weighted by Crippen LogP contribution is -2.26. The minimum absolute atomic E-state index is 0.00188. The van der Waals surface area contributed by atoms with Crippen LogP contribution in [0.25, 0.3) is 16.9 Å². The molecular weight excluding hydrogens is 420 g/mol. The first-order valence-corrected chi connectivity index (χ1v) is 10.3. The van der Waals surface area contributed by atoms with Crippen molar-refractivity contribution in [2.75, 3.05) is 11.9 Å². The molecule has 0 fully saturated rings. The summed E-state index contributed by atoms with van der Waals surface area (Å²) < 4.78 is 6.96. The number of amides is 2. The van der Waals surface area contributed by atoms with Crippen LogP contribution in [-0.4, -0.2) is 38.2 Å². The van der Waals surface area contributed by atoms with Gasteiger partial charge in [0.15, 0.2) is 12.4 Å². The summed E-state index contributed by atoms with van der Waals surface area (Å²) in [5.41, 5.74) is 4.81. The highest BCUT2D eigenvalue weighted by atomic mass is 16.5. The summed E-state index contributed by atoms with van der Waals surface area (Å²) in [7, 11) is 0. The molecule has 0 radical (unpaired) electrons. The van der Waals surface area contributed by atoms with Gasteiger partial charge < -0.3 is 15.4 Å². The molecule has 2 aromatic carbocycles. The van der Waals surface area contributed by atoms with E-state index >= 15 is 0 Å². The number of rotatable bonds is 5. The average Bonchev–Trinajstić information content (AvgIpc) is 3.33. The molecule has 9 heteroatoms. The van der Waals surface area contributed by atoms with Gasteiger partial charge in [0.1, 0.15) is 17.8 Å². The second-order valence-electron chi connectivity index (χ2n) is 7.65. The summed E-state index contributed by atoms with van der Waals surface area (Å²) in [6, 6.07) is 15.1. The Hall–Kier alpha value is -4.53. The van der Waals surface area contributed by atoms with E-state index < -0.39 is 0 Å². The van der Waals surface area contributed by atoms with Gasteiger partial charge in [0.05, 0.1) is 11.9 Å². The topological polar surface area (TPSA) is 111 Å². The Morgan fingerprint density at radius 2 is 1.97 bits per heavy atom. The second-order valence-corrected chi connectivity index (χ2v) is 7.65. The van der Waals surface area contributed by atoms with E-state index in [0.717, 1.165) is 16.7 Å². The molecule has 0 unspecified atom stereocenters. The van der Waals surface area contributed by atoms with Crippen molar-refractivity contribution in [3.63, 3.8) is 0 Å². The fourth-order valence-electron chi connectivity index (χ4n) is 3.45. The van der Waals surface area contributed by atoms with E-state index in [1.807, 2.05) is 43.5 Å². The van der Waals surface area contributed by atoms with Gasteiger partial charge >= 0.3 is 0 Å². The number of aromatic nitrogens is 4. The zero-order valence-corrected chi connectivity index (χ0v) is 17.8. The number of hydrogen-bond acceptors (Lipinski definition) is 6. The molecule has 1 aliphatic heterocycles. The minimum Gasteiger partial charge on any atom is -0.482 e. The number of ether oxygens (including phenoxy) is 1. The Balaban J connectivity index is 1.28. The number of hydrogen-bond donors (Lipinski definition) is 2. The van der Waals surface area contributed by atoms with Gasteiger partial charge in [-0.3, -0.25) is 9.59 Å². The molecular formula is C24H20N6O3. The van der Waals surface area contributed by atoms with Gasteiger partial charge in [-0.15, -0.1) is 0 Å². The Kier molecular flexibility index (Phi) is 5.27. The first-order valence-electron chi connectivity index (χ1n) is 10.3. The van der Waals surface area contributed by atoms with Crippen molar-refractivity contribution in [2.45, 2.75) is 13.5 Å². The van der Waals surface area contributed by atoms with Crippen LogP contribution < -0.4 is 15.4 Å². The van der Waals surface area contributed by atoms with Crippen LogP contribution in [0.2, 0.25) is 0 Å². The third-order valence-corrected chi connectivity index (χ3v) is 5.22. The van der Waals surface area contributed by atoms with Crippen molar-refractivity contribution in [3.8, 4) is 22.7 Å². The predicted molar refractivity (Wildman–Crippen MR) is 121 cm³/mol. The molecule has 0 spiro atoms. The maximum atomic E-state index is 12.7. The van der Waals surface area contributed by atoms with E-state index in [0.29, 0.717) is 17.3 Å². The molecule has 2 N–H and O–H groups in total. The minimum atomic E-state index is -0.345. The molecule has 0 atom stereocenters. The number of benzene rings is 2. The summed E-state index contributed by atoms with van der Waals surface area (Å²) in [4.78, 5) is 32.5. The molecule has 2 amide bonds. The molecule has 164 valence electrons. The molecule has 0 saturated heterocycles. The molecule has 0 aliphatic carbocycles. The van der Waals surface area contributed by atoms with Crippen molar-refractivity contribution < 1.29 is 14.3 Å². The van der Waals surface area contributed by atoms with Crippen LogP contribution in [0.1, 0.15) is 21.6 Å². The van der Waals surface area contributed by atoms with Crippen molar-refractivity contribution in [3.05, 3.63) is 84.1 Å². The lowest BCUT2D eigenvalue weighted by Gasteiger charge is -2.18. The van der Waals surface area contributed by atoms with Crippen LogP contribution in [0.4, 0.5) is 5.69 Å². The number of carbonyl (C=O) groups excluding carboxylic acids is 2. The van der Waals surface area contributed by atoms with Gasteiger partial charge in [-0.25, -0.2) is 14.6 Å². The van der Waals surface area contributed by atoms with E-state index in [4.69, 9.17) is 4.74 Å². The van der Waals surface area contributed by atoms with Gasteiger partial charge in [-0.2, -0.15) is 5.10 Å². The summed E-state index contributed by atoms with van der Waals surface area (Å²) in [6.45, 7) is 2.31. The Morgan fingerprint density at radius 3 is 2.82 bits per heavy atom. The Labute approximate surface area is 189 Å². The zero-order chi connectivity index (χ0) is 22.8. The Morgan fingerprint density at radius 1 is 1.12 bits per heavy atom. The van der Waals surface area contributed by atoms with Crippen LogP contribution in [0.3, 0.4) is 0 Å². The maximum Gasteiger partial charge on any atom is 0.270 e. The van der Waals surface area contributed by atoms with Crippen molar-refractivity contribution in [2.24, 2.45) is 0 Å². The monoisotopic (exact) mass is 440 g/mol. The molecule has 1 aliphatic rings. The SMILES string of the molecule is Cc1ccc(-c2cnn(-c3cc(C(=O)NCc4ccc5c(c4)NC(=O)CO5)ncn3)c2)cc1. The Bertz CT molecular complexity index is 1350. The molecule has 9 nitrogen and oxygen atoms in total. The molecule has 5 rings (SSSR count). The highest BCUT2D eigenvalue weighted by molar-refractivity contribution is 5.95. The molecule has 3 heterocycles. The van der Waals surface area contributed by atoms with Crippen molar-refractivity contribution in [1.82, 2.24) is 25.1 Å². The standard InChI is InChI=1S/C24H20N6O3/c1-15-2-5-17(6-3-15)18-11-28-30(12-18)22-9-20(26-14-27-22)24(32)25-10-16-4-7-21-19(8-16)29-23(31)13-33-21/h2-9,11-12,14H,10,13H2,1H3,(H,25,32)(H,29,31). The van der Waals surface area contributed by atoms with E-state index in [2.05, 4.69) is 25.7 Å². The highest BCUT2D eigenvalue weighted by Crippen LogP contribution is 2.28. The van der Waals surface area contributed by atoms with Gasteiger partial charge in [0.25, 0.3) is 11.8 Å². The molecule has 33 heavy (non-hydrogen) atoms. The van der Waals surface area contributed by atoms with Crippen LogP contribution in [0.5, 0.6) is 5.75 Å². The lowest BCUT2D eigenvalue weighted by molar-refractivity contribution is -0.118. The zero-order valence-electron chi connectivity index (χ0n) is 17.8. The number of nitrogens with zero attached hydrogens (tertiary/aromatic N) is 4. The van der Waals surface area contributed by atoms with Gasteiger partial charge in [0, 0.05) is 24.4 Å². The first kappa shape index (κ1) is 20.4. The smallest absolute Gasteiger partial charge is 0.270 e. The van der Waals surface area contributed by atoms with E-state index in [1.54, 1.807) is 29.1 Å². The number of nitrogens with one attached hydrogen (secondary N) is 2. The third-order valence-electron chi connectivity index (χ3n) is 5.22. The summed E-state index contributed by atoms with van der Waals surface area (Å²) in [6.07, 6.45) is 4.95. The van der Waals surface area contributed by atoms with E-state index in [1.165, 1.54) is 11.9 Å². The van der Waals surface area contributed by atoms with Crippen molar-refractivity contribution in [1.29, 1.82) is 0 Å². The van der Waals surface area contributed by atoms with Crippen LogP contribution in [0.15, 0.2) is 67.3 Å². The van der Waals surface area contributed by atoms with E-state index in [9.17, 15) is 9.59 Å². The van der Waals surface area contributed by atoms with Crippen LogP contribution >= 0.6 is 0 Å². The molecule has 2 aromatic heterocycles. The first-order chi connectivity index (χ1) is 16.0. The number of fused-ring (bicyclic) bond motifs is 1. The molecule has 0 saturated carbocycles. The second kappa shape index (κ2) is 8.54. The average molecular weight is 440 g/mol. The maximum absolute atomic E-state index is 12.7. The summed E-state index contributed by atoms with van der Waals surface area (Å²) >= 11 is 0. The van der Waals surface area contributed by atoms with Gasteiger partial charge in [0.2, 0.25) is 0 Å². The number of anilines is 1. The quantitative estimate of drug-likeness (QED) is 0.494. The van der Waals surface area contributed by atoms with Crippen molar-refractivity contribution >= 4 is 17.5 Å². The summed E-state index contributed by atoms with van der Waals surface area (Å²) in [5, 5.41) is 9.97. The fourth-order valence-corrected chi connectivity index (χ4v) is 3.45. The van der Waals surface area contributed by atoms with E-state index in [-0.39, 0.29) is 30.7 Å². The lowest BCUT2D eigenvalue weighted by atomic mass is 10.1. The molecule has 4 aromatic rings. The molecule has 0 bridgehead atoms. The number of carbonyl (C=O) groups is 2. The summed E-state index contributed by atoms with van der Waals surface area (Å²) in [5.74, 6) is 0.542. The van der Waals surface area contributed by atoms with Gasteiger partial charge in [-0.05, 0) is 30.2 Å². The highest BCUT2D eigenvalue weighted by Gasteiger charge is 2.16. The van der Waals surface area contributed by atoms with Gasteiger partial charge in [-0.1, -0.05) is 35.9 Å². The fraction of sp³-hybridized carbons (Fsp3) is 0.125. The number of aryl methyl sites for hydroxylation is 1. The third kappa shape index (κ3) is 4.42. The normalized spacial score (nSPS) is 12.5. The van der Waals surface area contributed by atoms with Crippen LogP contribution in [-0.2, 0) is 11.3 Å². The van der Waals surface area contributed by atoms with Crippen LogP contribution in [0, 0.1) is 6.92 Å². The predicted octanol–water partition coefficient (Wildman–Crippen LogP) is 2.90. The largest absolute Gasteiger partial charge is 0.482 e.